The molecule has 92 valence electrons. The Bertz CT molecular complexity index is 579. The highest BCUT2D eigenvalue weighted by Crippen LogP contribution is 2.25. The van der Waals surface area contributed by atoms with Gasteiger partial charge in [0.15, 0.2) is 5.78 Å². The third kappa shape index (κ3) is 3.35. The molecule has 1 heterocycles. The maximum absolute atomic E-state index is 11.7. The van der Waals surface area contributed by atoms with E-state index in [0.717, 1.165) is 0 Å². The lowest BCUT2D eigenvalue weighted by atomic mass is 10.3. The molecule has 0 unspecified atom stereocenters. The van der Waals surface area contributed by atoms with Crippen LogP contribution in [0.3, 0.4) is 0 Å². The van der Waals surface area contributed by atoms with Crippen LogP contribution in [-0.2, 0) is 0 Å². The van der Waals surface area contributed by atoms with E-state index < -0.39 is 0 Å². The van der Waals surface area contributed by atoms with Crippen LogP contribution in [-0.4, -0.2) is 5.78 Å². The lowest BCUT2D eigenvalue weighted by molar-refractivity contribution is 0.105. The van der Waals surface area contributed by atoms with Gasteiger partial charge in [-0.1, -0.05) is 29.3 Å². The van der Waals surface area contributed by atoms with E-state index in [1.165, 1.54) is 17.4 Å². The second-order valence-electron chi connectivity index (χ2n) is 3.44. The highest BCUT2D eigenvalue weighted by Gasteiger charge is 2.02. The number of nitrogens with one attached hydrogen (secondary N) is 1. The van der Waals surface area contributed by atoms with Crippen LogP contribution >= 0.6 is 34.5 Å². The molecule has 2 rings (SSSR count). The monoisotopic (exact) mass is 297 g/mol. The van der Waals surface area contributed by atoms with Crippen molar-refractivity contribution < 1.29 is 4.79 Å². The zero-order valence-corrected chi connectivity index (χ0v) is 11.5. The smallest absolute Gasteiger partial charge is 0.197 e. The summed E-state index contributed by atoms with van der Waals surface area (Å²) < 4.78 is 0. The van der Waals surface area contributed by atoms with E-state index in [-0.39, 0.29) is 5.78 Å². The molecule has 5 heteroatoms. The largest absolute Gasteiger partial charge is 0.360 e. The number of carbonyl (C=O) groups excluding carboxylic acids is 1. The lowest BCUT2D eigenvalue weighted by Gasteiger charge is -2.03. The normalized spacial score (nSPS) is 10.8. The maximum Gasteiger partial charge on any atom is 0.197 e. The number of hydrogen-bond donors (Lipinski definition) is 1. The summed E-state index contributed by atoms with van der Waals surface area (Å²) >= 11 is 13.2. The quantitative estimate of drug-likeness (QED) is 0.645. The highest BCUT2D eigenvalue weighted by molar-refractivity contribution is 7.12. The Labute approximate surface area is 119 Å². The Kier molecular flexibility index (Phi) is 4.42. The van der Waals surface area contributed by atoms with Gasteiger partial charge in [0, 0.05) is 17.3 Å². The summed E-state index contributed by atoms with van der Waals surface area (Å²) in [5, 5.41) is 5.93. The van der Waals surface area contributed by atoms with E-state index in [9.17, 15) is 4.79 Å². The number of allylic oxidation sites excluding steroid dienone is 1. The molecule has 1 N–H and O–H groups in total. The zero-order chi connectivity index (χ0) is 13.0. The van der Waals surface area contributed by atoms with Gasteiger partial charge in [-0.05, 0) is 29.6 Å². The molecular weight excluding hydrogens is 289 g/mol. The SMILES string of the molecule is O=C(/C=C/Nc1cc(Cl)ccc1Cl)c1cccs1. The van der Waals surface area contributed by atoms with Crippen molar-refractivity contribution in [1.29, 1.82) is 0 Å². The number of benzene rings is 1. The molecule has 0 bridgehead atoms. The average molecular weight is 298 g/mol. The van der Waals surface area contributed by atoms with Gasteiger partial charge in [0.1, 0.15) is 0 Å². The van der Waals surface area contributed by atoms with Gasteiger partial charge < -0.3 is 5.32 Å². The van der Waals surface area contributed by atoms with E-state index >= 15 is 0 Å². The fourth-order valence-electron chi connectivity index (χ4n) is 1.32. The Morgan fingerprint density at radius 2 is 2.11 bits per heavy atom. The molecule has 0 amide bonds. The molecule has 0 aliphatic rings. The summed E-state index contributed by atoms with van der Waals surface area (Å²) in [6, 6.07) is 8.72. The van der Waals surface area contributed by atoms with Crippen molar-refractivity contribution >= 4 is 46.0 Å². The number of carbonyl (C=O) groups is 1. The van der Waals surface area contributed by atoms with Crippen LogP contribution in [0.2, 0.25) is 10.0 Å². The summed E-state index contributed by atoms with van der Waals surface area (Å²) in [5.41, 5.74) is 0.666. The van der Waals surface area contributed by atoms with Crippen molar-refractivity contribution in [2.45, 2.75) is 0 Å². The van der Waals surface area contributed by atoms with Gasteiger partial charge in [-0.25, -0.2) is 0 Å². The molecule has 0 aliphatic carbocycles. The number of ketones is 1. The minimum Gasteiger partial charge on any atom is -0.360 e. The molecule has 0 aliphatic heterocycles. The van der Waals surface area contributed by atoms with Gasteiger partial charge in [-0.2, -0.15) is 0 Å². The molecular formula is C13H9Cl2NOS. The zero-order valence-electron chi connectivity index (χ0n) is 9.19. The third-order valence-electron chi connectivity index (χ3n) is 2.17. The van der Waals surface area contributed by atoms with Crippen molar-refractivity contribution in [2.75, 3.05) is 5.32 Å². The lowest BCUT2D eigenvalue weighted by Crippen LogP contribution is -1.93. The molecule has 0 saturated carbocycles. The second kappa shape index (κ2) is 6.05. The number of thiophene rings is 1. The van der Waals surface area contributed by atoms with Crippen LogP contribution in [0, 0.1) is 0 Å². The Balaban J connectivity index is 2.03. The Hall–Kier alpha value is -1.29. The van der Waals surface area contributed by atoms with Gasteiger partial charge in [0.25, 0.3) is 0 Å². The predicted octanol–water partition coefficient (Wildman–Crippen LogP) is 4.86. The first-order valence-electron chi connectivity index (χ1n) is 5.13. The average Bonchev–Trinajstić information content (AvgIpc) is 2.87. The van der Waals surface area contributed by atoms with Crippen LogP contribution in [0.1, 0.15) is 9.67 Å². The van der Waals surface area contributed by atoms with Gasteiger partial charge in [-0.15, -0.1) is 11.3 Å². The fraction of sp³-hybridized carbons (Fsp3) is 0. The number of halogens is 2. The third-order valence-corrected chi connectivity index (χ3v) is 3.62. The van der Waals surface area contributed by atoms with Gasteiger partial charge in [0.05, 0.1) is 15.6 Å². The maximum atomic E-state index is 11.7. The number of anilines is 1. The first kappa shape index (κ1) is 13.1. The Morgan fingerprint density at radius 1 is 1.28 bits per heavy atom. The summed E-state index contributed by atoms with van der Waals surface area (Å²) in [6.07, 6.45) is 3.02. The topological polar surface area (TPSA) is 29.1 Å². The minimum absolute atomic E-state index is 0.0457. The van der Waals surface area contributed by atoms with Gasteiger partial charge in [0.2, 0.25) is 0 Å². The Morgan fingerprint density at radius 3 is 2.83 bits per heavy atom. The van der Waals surface area contributed by atoms with E-state index in [4.69, 9.17) is 23.2 Å². The molecule has 0 fully saturated rings. The molecule has 0 spiro atoms. The fourth-order valence-corrected chi connectivity index (χ4v) is 2.31. The van der Waals surface area contributed by atoms with Crippen molar-refractivity contribution in [2.24, 2.45) is 0 Å². The van der Waals surface area contributed by atoms with Crippen LogP contribution in [0.4, 0.5) is 5.69 Å². The summed E-state index contributed by atoms with van der Waals surface area (Å²) in [6.45, 7) is 0. The van der Waals surface area contributed by atoms with Crippen molar-refractivity contribution in [3.05, 3.63) is 62.9 Å². The van der Waals surface area contributed by atoms with E-state index in [0.29, 0.717) is 20.6 Å². The molecule has 1 aromatic carbocycles. The van der Waals surface area contributed by atoms with Crippen LogP contribution in [0.15, 0.2) is 48.0 Å². The van der Waals surface area contributed by atoms with Crippen molar-refractivity contribution in [3.8, 4) is 0 Å². The molecule has 2 aromatic rings. The second-order valence-corrected chi connectivity index (χ2v) is 5.23. The van der Waals surface area contributed by atoms with Gasteiger partial charge >= 0.3 is 0 Å². The highest BCUT2D eigenvalue weighted by atomic mass is 35.5. The van der Waals surface area contributed by atoms with Crippen LogP contribution in [0.5, 0.6) is 0 Å². The first-order chi connectivity index (χ1) is 8.66. The van der Waals surface area contributed by atoms with E-state index in [2.05, 4.69) is 5.32 Å². The van der Waals surface area contributed by atoms with Crippen LogP contribution < -0.4 is 5.32 Å². The molecule has 0 radical (unpaired) electrons. The van der Waals surface area contributed by atoms with Crippen LogP contribution in [0.25, 0.3) is 0 Å². The molecule has 2 nitrogen and oxygen atoms in total. The predicted molar refractivity (Wildman–Crippen MR) is 77.9 cm³/mol. The summed E-state index contributed by atoms with van der Waals surface area (Å²) in [4.78, 5) is 12.4. The number of hydrogen-bond acceptors (Lipinski definition) is 3. The van der Waals surface area contributed by atoms with Crippen molar-refractivity contribution in [1.82, 2.24) is 0 Å². The van der Waals surface area contributed by atoms with E-state index in [1.54, 1.807) is 30.5 Å². The van der Waals surface area contributed by atoms with Crippen molar-refractivity contribution in [3.63, 3.8) is 0 Å². The summed E-state index contributed by atoms with van der Waals surface area (Å²) in [5.74, 6) is -0.0457. The molecule has 18 heavy (non-hydrogen) atoms. The standard InChI is InChI=1S/C13H9Cl2NOS/c14-9-3-4-10(15)11(8-9)16-6-5-12(17)13-2-1-7-18-13/h1-8,16H/b6-5+. The van der Waals surface area contributed by atoms with E-state index in [1.807, 2.05) is 11.4 Å². The first-order valence-corrected chi connectivity index (χ1v) is 6.76. The van der Waals surface area contributed by atoms with Gasteiger partial charge in [-0.3, -0.25) is 4.79 Å². The molecule has 0 atom stereocenters. The minimum atomic E-state index is -0.0457. The molecule has 0 saturated heterocycles. The summed E-state index contributed by atoms with van der Waals surface area (Å²) in [7, 11) is 0. The number of rotatable bonds is 4. The molecule has 1 aromatic heterocycles.